The fourth-order valence-corrected chi connectivity index (χ4v) is 3.89. The van der Waals surface area contributed by atoms with Crippen molar-refractivity contribution >= 4 is 56.3 Å². The quantitative estimate of drug-likeness (QED) is 0.419. The topological polar surface area (TPSA) is 24.9 Å². The first kappa shape index (κ1) is 15.5. The molecule has 1 N–H and O–H groups in total. The van der Waals surface area contributed by atoms with Crippen LogP contribution >= 0.6 is 34.7 Å². The molecular weight excluding hydrogens is 359 g/mol. The third kappa shape index (κ3) is 2.86. The summed E-state index contributed by atoms with van der Waals surface area (Å²) in [6.45, 7) is 0. The summed E-state index contributed by atoms with van der Waals surface area (Å²) >= 11 is 14.1. The summed E-state index contributed by atoms with van der Waals surface area (Å²) in [7, 11) is 0. The normalized spacial score (nSPS) is 10.9. The molecule has 0 radical (unpaired) electrons. The van der Waals surface area contributed by atoms with Crippen LogP contribution in [0.2, 0.25) is 10.0 Å². The Morgan fingerprint density at radius 2 is 1.71 bits per heavy atom. The van der Waals surface area contributed by atoms with Gasteiger partial charge < -0.3 is 5.32 Å². The smallest absolute Gasteiger partial charge is 0.152 e. The van der Waals surface area contributed by atoms with E-state index in [9.17, 15) is 0 Å². The second-order valence-electron chi connectivity index (χ2n) is 5.33. The van der Waals surface area contributed by atoms with Crippen LogP contribution in [0.5, 0.6) is 0 Å². The molecule has 2 nitrogen and oxygen atoms in total. The molecule has 0 aliphatic heterocycles. The summed E-state index contributed by atoms with van der Waals surface area (Å²) in [5.74, 6) is 0.791. The third-order valence-corrected chi connectivity index (χ3v) is 5.22. The molecule has 0 unspecified atom stereocenters. The van der Waals surface area contributed by atoms with Gasteiger partial charge in [-0.3, -0.25) is 0 Å². The van der Waals surface area contributed by atoms with Gasteiger partial charge in [0.25, 0.3) is 0 Å². The van der Waals surface area contributed by atoms with E-state index < -0.39 is 0 Å². The Kier molecular flexibility index (Phi) is 4.15. The van der Waals surface area contributed by atoms with Crippen LogP contribution in [0.4, 0.5) is 11.5 Å². The molecule has 1 heterocycles. The van der Waals surface area contributed by atoms with Gasteiger partial charge in [-0.15, -0.1) is 0 Å². The Labute approximate surface area is 153 Å². The maximum absolute atomic E-state index is 6.63. The largest absolute Gasteiger partial charge is 0.338 e. The van der Waals surface area contributed by atoms with Gasteiger partial charge in [0.15, 0.2) is 5.82 Å². The van der Waals surface area contributed by atoms with E-state index in [1.807, 2.05) is 66.7 Å². The van der Waals surface area contributed by atoms with E-state index in [2.05, 4.69) is 9.69 Å². The Morgan fingerprint density at radius 1 is 0.875 bits per heavy atom. The fraction of sp³-hybridized carbons (Fsp3) is 0. The molecule has 5 heteroatoms. The molecule has 1 aromatic heterocycles. The second kappa shape index (κ2) is 6.44. The highest BCUT2D eigenvalue weighted by molar-refractivity contribution is 7.13. The van der Waals surface area contributed by atoms with Gasteiger partial charge in [0.1, 0.15) is 0 Å². The second-order valence-corrected chi connectivity index (χ2v) is 6.95. The summed E-state index contributed by atoms with van der Waals surface area (Å²) in [5.41, 5.74) is 2.91. The molecule has 0 spiro atoms. The first-order valence-corrected chi connectivity index (χ1v) is 8.91. The first-order chi connectivity index (χ1) is 11.7. The zero-order chi connectivity index (χ0) is 16.5. The minimum absolute atomic E-state index is 0.679. The molecule has 0 fully saturated rings. The van der Waals surface area contributed by atoms with Crippen LogP contribution < -0.4 is 5.32 Å². The molecule has 0 saturated carbocycles. The van der Waals surface area contributed by atoms with E-state index in [4.69, 9.17) is 23.2 Å². The van der Waals surface area contributed by atoms with Crippen molar-refractivity contribution in [2.75, 3.05) is 5.32 Å². The standard InChI is InChI=1S/C19H12Cl2N2S/c20-13-9-10-15-17(11-13)24-23-19(15)22-16-8-4-7-14(18(16)21)12-5-2-1-3-6-12/h1-11H,(H,22,23). The molecule has 0 atom stereocenters. The molecule has 0 amide bonds. The lowest BCUT2D eigenvalue weighted by molar-refractivity contribution is 1.48. The summed E-state index contributed by atoms with van der Waals surface area (Å²) in [6.07, 6.45) is 0. The number of nitrogens with one attached hydrogen (secondary N) is 1. The van der Waals surface area contributed by atoms with Crippen molar-refractivity contribution in [2.24, 2.45) is 0 Å². The Hall–Kier alpha value is -2.07. The number of hydrogen-bond acceptors (Lipinski definition) is 3. The van der Waals surface area contributed by atoms with Crippen LogP contribution in [0.15, 0.2) is 66.7 Å². The predicted octanol–water partition coefficient (Wildman–Crippen LogP) is 7.01. The zero-order valence-corrected chi connectivity index (χ0v) is 14.8. The average Bonchev–Trinajstić information content (AvgIpc) is 2.99. The van der Waals surface area contributed by atoms with E-state index in [1.54, 1.807) is 0 Å². The predicted molar refractivity (Wildman–Crippen MR) is 105 cm³/mol. The number of hydrogen-bond donors (Lipinski definition) is 1. The number of rotatable bonds is 3. The number of aromatic nitrogens is 1. The van der Waals surface area contributed by atoms with Crippen molar-refractivity contribution in [1.82, 2.24) is 4.37 Å². The van der Waals surface area contributed by atoms with Gasteiger partial charge in [0.05, 0.1) is 15.4 Å². The number of anilines is 2. The summed E-state index contributed by atoms with van der Waals surface area (Å²) in [4.78, 5) is 0. The van der Waals surface area contributed by atoms with Crippen LogP contribution in [-0.4, -0.2) is 4.37 Å². The van der Waals surface area contributed by atoms with Crippen molar-refractivity contribution in [3.63, 3.8) is 0 Å². The van der Waals surface area contributed by atoms with Gasteiger partial charge in [-0.25, -0.2) is 0 Å². The fourth-order valence-electron chi connectivity index (χ4n) is 2.60. The number of nitrogens with zero attached hydrogens (tertiary/aromatic N) is 1. The van der Waals surface area contributed by atoms with Crippen molar-refractivity contribution < 1.29 is 0 Å². The first-order valence-electron chi connectivity index (χ1n) is 7.38. The summed E-state index contributed by atoms with van der Waals surface area (Å²) < 4.78 is 5.53. The minimum Gasteiger partial charge on any atom is -0.338 e. The van der Waals surface area contributed by atoms with E-state index in [1.165, 1.54) is 11.5 Å². The van der Waals surface area contributed by atoms with E-state index in [0.29, 0.717) is 10.0 Å². The van der Waals surface area contributed by atoms with Crippen molar-refractivity contribution in [1.29, 1.82) is 0 Å². The molecular formula is C19H12Cl2N2S. The molecule has 0 bridgehead atoms. The number of fused-ring (bicyclic) bond motifs is 1. The number of halogens is 2. The van der Waals surface area contributed by atoms with Gasteiger partial charge in [0.2, 0.25) is 0 Å². The highest BCUT2D eigenvalue weighted by Crippen LogP contribution is 2.37. The van der Waals surface area contributed by atoms with Gasteiger partial charge >= 0.3 is 0 Å². The molecule has 4 rings (SSSR count). The Bertz CT molecular complexity index is 1010. The van der Waals surface area contributed by atoms with E-state index in [-0.39, 0.29) is 0 Å². The third-order valence-electron chi connectivity index (χ3n) is 3.77. The van der Waals surface area contributed by atoms with Crippen LogP contribution in [0.25, 0.3) is 21.2 Å². The van der Waals surface area contributed by atoms with Gasteiger partial charge in [0, 0.05) is 16.0 Å². The monoisotopic (exact) mass is 370 g/mol. The van der Waals surface area contributed by atoms with Crippen molar-refractivity contribution in [2.45, 2.75) is 0 Å². The minimum atomic E-state index is 0.679. The van der Waals surface area contributed by atoms with Gasteiger partial charge in [-0.1, -0.05) is 65.7 Å². The van der Waals surface area contributed by atoms with Crippen LogP contribution in [0.1, 0.15) is 0 Å². The molecule has 0 aliphatic rings. The SMILES string of the molecule is Clc1ccc2c(Nc3cccc(-c4ccccc4)c3Cl)nsc2c1. The zero-order valence-electron chi connectivity index (χ0n) is 12.5. The highest BCUT2D eigenvalue weighted by Gasteiger charge is 2.11. The molecule has 3 aromatic carbocycles. The van der Waals surface area contributed by atoms with E-state index >= 15 is 0 Å². The maximum Gasteiger partial charge on any atom is 0.152 e. The molecule has 0 aliphatic carbocycles. The lowest BCUT2D eigenvalue weighted by Crippen LogP contribution is -1.93. The van der Waals surface area contributed by atoms with Crippen molar-refractivity contribution in [3.05, 3.63) is 76.8 Å². The maximum atomic E-state index is 6.63. The van der Waals surface area contributed by atoms with Crippen LogP contribution in [-0.2, 0) is 0 Å². The van der Waals surface area contributed by atoms with Gasteiger partial charge in [-0.2, -0.15) is 4.37 Å². The molecule has 118 valence electrons. The highest BCUT2D eigenvalue weighted by atomic mass is 35.5. The van der Waals surface area contributed by atoms with E-state index in [0.717, 1.165) is 32.7 Å². The van der Waals surface area contributed by atoms with Crippen molar-refractivity contribution in [3.8, 4) is 11.1 Å². The number of benzene rings is 3. The average molecular weight is 371 g/mol. The van der Waals surface area contributed by atoms with Crippen LogP contribution in [0.3, 0.4) is 0 Å². The molecule has 24 heavy (non-hydrogen) atoms. The summed E-state index contributed by atoms with van der Waals surface area (Å²) in [5, 5.41) is 5.77. The Balaban J connectivity index is 1.75. The summed E-state index contributed by atoms with van der Waals surface area (Å²) in [6, 6.07) is 21.8. The Morgan fingerprint density at radius 3 is 2.54 bits per heavy atom. The molecule has 4 aromatic rings. The molecule has 0 saturated heterocycles. The van der Waals surface area contributed by atoms with Crippen LogP contribution in [0, 0.1) is 0 Å². The lowest BCUT2D eigenvalue weighted by Gasteiger charge is -2.11. The van der Waals surface area contributed by atoms with Gasteiger partial charge in [-0.05, 0) is 41.4 Å². The lowest BCUT2D eigenvalue weighted by atomic mass is 10.1.